The molecule has 0 spiro atoms. The Morgan fingerprint density at radius 2 is 2.28 bits per heavy atom. The number of nitrogens with zero attached hydrogens (tertiary/aromatic N) is 2. The maximum atomic E-state index is 12.0. The largest absolute Gasteiger partial charge is 0.394 e. The van der Waals surface area contributed by atoms with Gasteiger partial charge in [0.2, 0.25) is 0 Å². The van der Waals surface area contributed by atoms with Crippen LogP contribution in [0.3, 0.4) is 0 Å². The predicted molar refractivity (Wildman–Crippen MR) is 74.7 cm³/mol. The molecular weight excluding hydrogens is 320 g/mol. The summed E-state index contributed by atoms with van der Waals surface area (Å²) >= 11 is 9.20. The van der Waals surface area contributed by atoms with Crippen molar-refractivity contribution in [2.45, 2.75) is 0 Å². The first-order valence-corrected chi connectivity index (χ1v) is 6.20. The number of rotatable bonds is 2. The summed E-state index contributed by atoms with van der Waals surface area (Å²) in [6, 6.07) is 4.95. The van der Waals surface area contributed by atoms with Gasteiger partial charge in [-0.3, -0.25) is 9.48 Å². The first-order valence-electron chi connectivity index (χ1n) is 5.03. The number of amides is 1. The Hall–Kier alpha value is -1.53. The fourth-order valence-corrected chi connectivity index (χ4v) is 1.85. The average molecular weight is 330 g/mol. The van der Waals surface area contributed by atoms with Crippen molar-refractivity contribution in [1.82, 2.24) is 9.78 Å². The number of carbonyl (C=O) groups excluding carboxylic acids is 1. The van der Waals surface area contributed by atoms with E-state index in [4.69, 9.17) is 17.3 Å². The van der Waals surface area contributed by atoms with Crippen LogP contribution in [0.25, 0.3) is 0 Å². The molecule has 0 atom stereocenters. The number of carbonyl (C=O) groups is 1. The molecule has 0 fully saturated rings. The minimum atomic E-state index is -0.292. The molecule has 5 nitrogen and oxygen atoms in total. The second-order valence-electron chi connectivity index (χ2n) is 3.66. The number of aryl methyl sites for hydroxylation is 1. The molecule has 3 N–H and O–H groups in total. The molecule has 94 valence electrons. The van der Waals surface area contributed by atoms with Gasteiger partial charge in [-0.1, -0.05) is 11.6 Å². The summed E-state index contributed by atoms with van der Waals surface area (Å²) in [6.07, 6.45) is 1.48. The molecule has 1 aromatic carbocycles. The summed E-state index contributed by atoms with van der Waals surface area (Å²) < 4.78 is 2.23. The van der Waals surface area contributed by atoms with E-state index in [0.717, 1.165) is 4.47 Å². The zero-order chi connectivity index (χ0) is 13.3. The quantitative estimate of drug-likeness (QED) is 0.889. The van der Waals surface area contributed by atoms with Gasteiger partial charge in [-0.15, -0.1) is 0 Å². The van der Waals surface area contributed by atoms with Gasteiger partial charge in [0.1, 0.15) is 0 Å². The second kappa shape index (κ2) is 4.99. The molecule has 0 saturated carbocycles. The first-order chi connectivity index (χ1) is 8.49. The van der Waals surface area contributed by atoms with Gasteiger partial charge in [0.25, 0.3) is 5.91 Å². The minimum Gasteiger partial charge on any atom is -0.394 e. The molecule has 1 aromatic heterocycles. The predicted octanol–water partition coefficient (Wildman–Crippen LogP) is 2.67. The zero-order valence-corrected chi connectivity index (χ0v) is 11.8. The van der Waals surface area contributed by atoms with E-state index in [9.17, 15) is 4.79 Å². The Morgan fingerprint density at radius 1 is 1.56 bits per heavy atom. The number of nitrogens with one attached hydrogen (secondary N) is 1. The van der Waals surface area contributed by atoms with Crippen molar-refractivity contribution in [3.63, 3.8) is 0 Å². The summed E-state index contributed by atoms with van der Waals surface area (Å²) in [4.78, 5) is 12.0. The van der Waals surface area contributed by atoms with Crippen LogP contribution in [0.2, 0.25) is 5.02 Å². The van der Waals surface area contributed by atoms with Crippen LogP contribution in [0.1, 0.15) is 10.4 Å². The molecule has 0 unspecified atom stereocenters. The van der Waals surface area contributed by atoms with E-state index in [2.05, 4.69) is 26.3 Å². The normalized spacial score (nSPS) is 10.4. The van der Waals surface area contributed by atoms with Gasteiger partial charge in [0, 0.05) is 17.1 Å². The Balaban J connectivity index is 2.25. The van der Waals surface area contributed by atoms with E-state index in [1.807, 2.05) is 0 Å². The zero-order valence-electron chi connectivity index (χ0n) is 9.45. The van der Waals surface area contributed by atoms with Crippen molar-refractivity contribution in [3.8, 4) is 0 Å². The Labute approximate surface area is 117 Å². The van der Waals surface area contributed by atoms with Gasteiger partial charge in [0.15, 0.2) is 5.82 Å². The highest BCUT2D eigenvalue weighted by atomic mass is 79.9. The molecule has 18 heavy (non-hydrogen) atoms. The number of benzene rings is 1. The minimum absolute atomic E-state index is 0.292. The molecule has 1 amide bonds. The third kappa shape index (κ3) is 2.49. The van der Waals surface area contributed by atoms with Gasteiger partial charge in [-0.2, -0.15) is 5.10 Å². The SMILES string of the molecule is Cn1ncc(N)c1NC(=O)c1ccc(Br)c(Cl)c1. The fourth-order valence-electron chi connectivity index (χ4n) is 1.42. The number of hydrogen-bond acceptors (Lipinski definition) is 3. The van der Waals surface area contributed by atoms with Crippen molar-refractivity contribution in [2.75, 3.05) is 11.1 Å². The first kappa shape index (κ1) is 12.9. The standard InChI is InChI=1S/C11H10BrClN4O/c1-17-10(9(14)5-15-17)16-11(18)6-2-3-7(12)8(13)4-6/h2-5H,14H2,1H3,(H,16,18). The smallest absolute Gasteiger partial charge is 0.256 e. The van der Waals surface area contributed by atoms with Crippen LogP contribution in [0.15, 0.2) is 28.9 Å². The second-order valence-corrected chi connectivity index (χ2v) is 4.92. The summed E-state index contributed by atoms with van der Waals surface area (Å²) in [5.41, 5.74) is 6.55. The highest BCUT2D eigenvalue weighted by Gasteiger charge is 2.12. The Morgan fingerprint density at radius 3 is 2.83 bits per heavy atom. The number of nitrogen functional groups attached to an aromatic ring is 1. The number of anilines is 2. The number of halogens is 2. The van der Waals surface area contributed by atoms with Gasteiger partial charge in [-0.25, -0.2) is 0 Å². The monoisotopic (exact) mass is 328 g/mol. The van der Waals surface area contributed by atoms with Crippen molar-refractivity contribution in [3.05, 3.63) is 39.5 Å². The molecule has 0 aliphatic carbocycles. The maximum absolute atomic E-state index is 12.0. The lowest BCUT2D eigenvalue weighted by atomic mass is 10.2. The van der Waals surface area contributed by atoms with Crippen molar-refractivity contribution in [1.29, 1.82) is 0 Å². The topological polar surface area (TPSA) is 72.9 Å². The molecule has 0 bridgehead atoms. The van der Waals surface area contributed by atoms with Crippen LogP contribution in [-0.2, 0) is 7.05 Å². The third-order valence-electron chi connectivity index (χ3n) is 2.38. The molecule has 0 aliphatic heterocycles. The van der Waals surface area contributed by atoms with Gasteiger partial charge in [-0.05, 0) is 34.1 Å². The Bertz CT molecular complexity index is 592. The lowest BCUT2D eigenvalue weighted by Crippen LogP contribution is -2.15. The summed E-state index contributed by atoms with van der Waals surface area (Å²) in [6.45, 7) is 0. The van der Waals surface area contributed by atoms with E-state index in [1.54, 1.807) is 25.2 Å². The van der Waals surface area contributed by atoms with E-state index >= 15 is 0 Å². The number of nitrogens with two attached hydrogens (primary N) is 1. The fraction of sp³-hybridized carbons (Fsp3) is 0.0909. The van der Waals surface area contributed by atoms with E-state index in [1.165, 1.54) is 10.9 Å². The molecule has 0 aliphatic rings. The molecule has 7 heteroatoms. The molecular formula is C11H10BrClN4O. The highest BCUT2D eigenvalue weighted by molar-refractivity contribution is 9.10. The summed E-state index contributed by atoms with van der Waals surface area (Å²) in [5.74, 6) is 0.166. The van der Waals surface area contributed by atoms with Crippen molar-refractivity contribution >= 4 is 44.9 Å². The molecule has 2 rings (SSSR count). The average Bonchev–Trinajstić information content (AvgIpc) is 2.64. The van der Waals surface area contributed by atoms with Crippen molar-refractivity contribution < 1.29 is 4.79 Å². The lowest BCUT2D eigenvalue weighted by Gasteiger charge is -2.07. The Kier molecular flexibility index (Phi) is 3.58. The van der Waals surface area contributed by atoms with Crippen LogP contribution in [0, 0.1) is 0 Å². The van der Waals surface area contributed by atoms with E-state index in [0.29, 0.717) is 22.1 Å². The third-order valence-corrected chi connectivity index (χ3v) is 3.61. The van der Waals surface area contributed by atoms with Crippen LogP contribution in [-0.4, -0.2) is 15.7 Å². The van der Waals surface area contributed by atoms with Crippen molar-refractivity contribution in [2.24, 2.45) is 7.05 Å². The van der Waals surface area contributed by atoms with E-state index in [-0.39, 0.29) is 5.91 Å². The van der Waals surface area contributed by atoms with Crippen LogP contribution < -0.4 is 11.1 Å². The van der Waals surface area contributed by atoms with E-state index < -0.39 is 0 Å². The molecule has 2 aromatic rings. The highest BCUT2D eigenvalue weighted by Crippen LogP contribution is 2.24. The molecule has 1 heterocycles. The number of aromatic nitrogens is 2. The van der Waals surface area contributed by atoms with Crippen LogP contribution in [0.4, 0.5) is 11.5 Å². The van der Waals surface area contributed by atoms with Gasteiger partial charge >= 0.3 is 0 Å². The van der Waals surface area contributed by atoms with Crippen LogP contribution in [0.5, 0.6) is 0 Å². The van der Waals surface area contributed by atoms with Crippen LogP contribution >= 0.6 is 27.5 Å². The van der Waals surface area contributed by atoms with Gasteiger partial charge < -0.3 is 11.1 Å². The summed E-state index contributed by atoms with van der Waals surface area (Å²) in [5, 5.41) is 7.09. The summed E-state index contributed by atoms with van der Waals surface area (Å²) in [7, 11) is 1.69. The molecule has 0 saturated heterocycles. The maximum Gasteiger partial charge on any atom is 0.256 e. The molecule has 0 radical (unpaired) electrons. The van der Waals surface area contributed by atoms with Gasteiger partial charge in [0.05, 0.1) is 16.9 Å². The lowest BCUT2D eigenvalue weighted by molar-refractivity contribution is 0.102. The number of hydrogen-bond donors (Lipinski definition) is 2.